The number of rotatable bonds is 7. The third kappa shape index (κ3) is 2.41. The molecule has 4 bridgehead atoms. The number of carbonyl (C=O) groups is 2. The molecule has 0 unspecified atom stereocenters. The van der Waals surface area contributed by atoms with E-state index in [0.29, 0.717) is 12.8 Å². The number of ether oxygens (including phenoxy) is 6. The summed E-state index contributed by atoms with van der Waals surface area (Å²) in [6.07, 6.45) is 6.10. The Morgan fingerprint density at radius 3 is 2.69 bits per heavy atom. The first-order valence-electron chi connectivity index (χ1n) is 11.2. The lowest BCUT2D eigenvalue weighted by atomic mass is 9.61. The highest BCUT2D eigenvalue weighted by molar-refractivity contribution is 5.87. The van der Waals surface area contributed by atoms with Crippen LogP contribution in [0.1, 0.15) is 32.6 Å². The van der Waals surface area contributed by atoms with E-state index in [1.165, 1.54) is 14.2 Å². The van der Waals surface area contributed by atoms with E-state index in [2.05, 4.69) is 6.58 Å². The van der Waals surface area contributed by atoms with E-state index in [0.717, 1.165) is 18.4 Å². The van der Waals surface area contributed by atoms with Gasteiger partial charge in [0, 0.05) is 26.1 Å². The number of hydrogen-bond acceptors (Lipinski definition) is 8. The van der Waals surface area contributed by atoms with Gasteiger partial charge in [0.2, 0.25) is 0 Å². The summed E-state index contributed by atoms with van der Waals surface area (Å²) in [7, 11) is 4.54. The molecule has 4 fully saturated rings. The molecule has 32 heavy (non-hydrogen) atoms. The van der Waals surface area contributed by atoms with Gasteiger partial charge in [0.15, 0.2) is 0 Å². The molecule has 1 heterocycles. The molecular formula is C24H32O8. The van der Waals surface area contributed by atoms with Crippen molar-refractivity contribution < 1.29 is 38.0 Å². The van der Waals surface area contributed by atoms with Crippen LogP contribution in [0, 0.1) is 28.6 Å². The molecule has 0 amide bonds. The van der Waals surface area contributed by atoms with Crippen LogP contribution < -0.4 is 0 Å². The topological polar surface area (TPSA) is 89.5 Å². The number of methoxy groups -OCH3 is 3. The Hall–Kier alpha value is -1.74. The highest BCUT2D eigenvalue weighted by Crippen LogP contribution is 2.78. The molecule has 1 aliphatic heterocycles. The minimum Gasteiger partial charge on any atom is -0.469 e. The Balaban J connectivity index is 1.65. The molecule has 1 spiro atoms. The summed E-state index contributed by atoms with van der Waals surface area (Å²) < 4.78 is 34.0. The second-order valence-electron chi connectivity index (χ2n) is 10.2. The fourth-order valence-corrected chi connectivity index (χ4v) is 7.97. The molecule has 8 atom stereocenters. The zero-order valence-corrected chi connectivity index (χ0v) is 19.2. The number of carbonyl (C=O) groups excluding carboxylic acids is 2. The largest absolute Gasteiger partial charge is 0.469 e. The molecule has 0 radical (unpaired) electrons. The minimum absolute atomic E-state index is 0.0342. The number of esters is 2. The van der Waals surface area contributed by atoms with Crippen molar-refractivity contribution >= 4 is 11.9 Å². The summed E-state index contributed by atoms with van der Waals surface area (Å²) in [5, 5.41) is 0. The standard InChI is InChI=1S/C24H32O8/c1-14-10-22-11-23(14,31-13-28-4)8-6-15(22)24-9-7-16(30-12-27-3)21(2,20(26)32-24)18(24)17(22)19(25)29-5/h7,9,15-18H,1,6,8,10-13H2,2-5H3/t15-,16+,17-,18-,21-,22+,23+,24-/m1/s1. The molecule has 176 valence electrons. The van der Waals surface area contributed by atoms with E-state index in [-0.39, 0.29) is 31.4 Å². The highest BCUT2D eigenvalue weighted by atomic mass is 16.7. The fraction of sp³-hybridized carbons (Fsp3) is 0.750. The summed E-state index contributed by atoms with van der Waals surface area (Å²) >= 11 is 0. The second kappa shape index (κ2) is 7.13. The van der Waals surface area contributed by atoms with Gasteiger partial charge in [-0.25, -0.2) is 0 Å². The van der Waals surface area contributed by atoms with Crippen molar-refractivity contribution in [3.63, 3.8) is 0 Å². The van der Waals surface area contributed by atoms with Crippen molar-refractivity contribution in [2.24, 2.45) is 28.6 Å². The lowest BCUT2D eigenvalue weighted by Gasteiger charge is -2.45. The van der Waals surface area contributed by atoms with Gasteiger partial charge >= 0.3 is 11.9 Å². The smallest absolute Gasteiger partial charge is 0.316 e. The van der Waals surface area contributed by atoms with Crippen LogP contribution in [-0.2, 0) is 38.0 Å². The van der Waals surface area contributed by atoms with Crippen LogP contribution in [0.2, 0.25) is 0 Å². The van der Waals surface area contributed by atoms with Crippen LogP contribution in [0.4, 0.5) is 0 Å². The maximum absolute atomic E-state index is 13.4. The first kappa shape index (κ1) is 22.1. The zero-order valence-electron chi connectivity index (χ0n) is 19.2. The first-order valence-corrected chi connectivity index (χ1v) is 11.2. The van der Waals surface area contributed by atoms with Gasteiger partial charge in [-0.3, -0.25) is 9.59 Å². The third-order valence-electron chi connectivity index (χ3n) is 9.07. The average molecular weight is 449 g/mol. The quantitative estimate of drug-likeness (QED) is 0.333. The highest BCUT2D eigenvalue weighted by Gasteiger charge is 2.84. The number of hydrogen-bond donors (Lipinski definition) is 0. The summed E-state index contributed by atoms with van der Waals surface area (Å²) in [6.45, 7) is 6.42. The van der Waals surface area contributed by atoms with Gasteiger partial charge in [-0.15, -0.1) is 0 Å². The van der Waals surface area contributed by atoms with Crippen molar-refractivity contribution in [1.29, 1.82) is 0 Å². The predicted molar refractivity (Wildman–Crippen MR) is 111 cm³/mol. The van der Waals surface area contributed by atoms with Gasteiger partial charge in [-0.05, 0) is 49.7 Å². The van der Waals surface area contributed by atoms with E-state index in [1.807, 2.05) is 19.1 Å². The molecule has 4 aliphatic carbocycles. The summed E-state index contributed by atoms with van der Waals surface area (Å²) in [4.78, 5) is 26.8. The summed E-state index contributed by atoms with van der Waals surface area (Å²) in [5.74, 6) is -1.63. The van der Waals surface area contributed by atoms with Crippen molar-refractivity contribution in [1.82, 2.24) is 0 Å². The third-order valence-corrected chi connectivity index (χ3v) is 9.07. The monoisotopic (exact) mass is 448 g/mol. The van der Waals surface area contributed by atoms with Gasteiger partial charge in [0.1, 0.15) is 24.6 Å². The molecule has 0 N–H and O–H groups in total. The van der Waals surface area contributed by atoms with Gasteiger partial charge < -0.3 is 28.4 Å². The molecule has 5 rings (SSSR count). The van der Waals surface area contributed by atoms with E-state index in [9.17, 15) is 9.59 Å². The molecule has 5 aliphatic rings. The van der Waals surface area contributed by atoms with Crippen LogP contribution in [0.25, 0.3) is 0 Å². The lowest BCUT2D eigenvalue weighted by Crippen LogP contribution is -2.51. The Bertz CT molecular complexity index is 883. The van der Waals surface area contributed by atoms with E-state index in [1.54, 1.807) is 7.11 Å². The molecule has 8 nitrogen and oxygen atoms in total. The molecule has 8 heteroatoms. The van der Waals surface area contributed by atoms with E-state index >= 15 is 0 Å². The molecule has 0 aromatic heterocycles. The van der Waals surface area contributed by atoms with Crippen molar-refractivity contribution in [2.45, 2.75) is 49.9 Å². The Morgan fingerprint density at radius 2 is 2.00 bits per heavy atom. The molecule has 0 aromatic carbocycles. The first-order chi connectivity index (χ1) is 15.3. The average Bonchev–Trinajstić information content (AvgIpc) is 3.21. The Morgan fingerprint density at radius 1 is 1.25 bits per heavy atom. The van der Waals surface area contributed by atoms with Crippen LogP contribution in [-0.4, -0.2) is 64.2 Å². The number of fused-ring (bicyclic) bond motifs is 1. The predicted octanol–water partition coefficient (Wildman–Crippen LogP) is 2.37. The van der Waals surface area contributed by atoms with Crippen LogP contribution >= 0.6 is 0 Å². The van der Waals surface area contributed by atoms with Gasteiger partial charge in [0.25, 0.3) is 0 Å². The molecule has 3 saturated carbocycles. The Kier molecular flexibility index (Phi) is 4.92. The van der Waals surface area contributed by atoms with Crippen LogP contribution in [0.15, 0.2) is 24.3 Å². The summed E-state index contributed by atoms with van der Waals surface area (Å²) in [6, 6.07) is 0. The second-order valence-corrected chi connectivity index (χ2v) is 10.2. The van der Waals surface area contributed by atoms with Gasteiger partial charge in [0.05, 0.1) is 24.7 Å². The van der Waals surface area contributed by atoms with Crippen molar-refractivity contribution in [2.75, 3.05) is 34.9 Å². The van der Waals surface area contributed by atoms with Crippen molar-refractivity contribution in [3.8, 4) is 0 Å². The maximum atomic E-state index is 13.4. The molecule has 0 aromatic rings. The van der Waals surface area contributed by atoms with Gasteiger partial charge in [-0.2, -0.15) is 0 Å². The van der Waals surface area contributed by atoms with Crippen molar-refractivity contribution in [3.05, 3.63) is 24.3 Å². The zero-order chi connectivity index (χ0) is 22.9. The van der Waals surface area contributed by atoms with E-state index in [4.69, 9.17) is 28.4 Å². The summed E-state index contributed by atoms with van der Waals surface area (Å²) in [5.41, 5.74) is -1.93. The fourth-order valence-electron chi connectivity index (χ4n) is 7.97. The minimum atomic E-state index is -1.03. The van der Waals surface area contributed by atoms with E-state index < -0.39 is 40.0 Å². The normalized spacial score (nSPS) is 47.9. The van der Waals surface area contributed by atoms with Gasteiger partial charge in [-0.1, -0.05) is 12.7 Å². The van der Waals surface area contributed by atoms with Crippen LogP contribution in [0.3, 0.4) is 0 Å². The molecular weight excluding hydrogens is 416 g/mol. The SMILES string of the molecule is C=C1C[C@]23C[C@@]1(OCOC)CC[C@H]2[C@@]12C=C[C@H](OCOC)[C@@](C)(C(=O)O1)[C@H]2[C@@H]3C(=O)OC. The maximum Gasteiger partial charge on any atom is 0.316 e. The molecule has 1 saturated heterocycles. The Labute approximate surface area is 188 Å². The lowest BCUT2D eigenvalue weighted by molar-refractivity contribution is -0.174. The van der Waals surface area contributed by atoms with Crippen LogP contribution in [0.5, 0.6) is 0 Å².